The molecule has 186 valence electrons. The zero-order chi connectivity index (χ0) is 25.6. The highest BCUT2D eigenvalue weighted by Crippen LogP contribution is 2.32. The van der Waals surface area contributed by atoms with Crippen LogP contribution in [0.5, 0.6) is 0 Å². The van der Waals surface area contributed by atoms with Crippen LogP contribution in [0.15, 0.2) is 55.1 Å². The molecule has 0 spiro atoms. The van der Waals surface area contributed by atoms with Crippen LogP contribution < -0.4 is 5.32 Å². The van der Waals surface area contributed by atoms with Crippen LogP contribution in [0.3, 0.4) is 0 Å². The molecule has 0 aliphatic heterocycles. The van der Waals surface area contributed by atoms with Crippen LogP contribution in [-0.2, 0) is 11.2 Å². The fraction of sp³-hybridized carbons (Fsp3) is 0.333. The van der Waals surface area contributed by atoms with Gasteiger partial charge in [-0.05, 0) is 41.7 Å². The molecule has 2 aromatic heterocycles. The van der Waals surface area contributed by atoms with E-state index in [-0.39, 0.29) is 11.5 Å². The Balaban J connectivity index is 0.000000211. The molecule has 0 aliphatic carbocycles. The number of aliphatic hydroxyl groups excluding tert-OH is 1. The van der Waals surface area contributed by atoms with E-state index < -0.39 is 12.2 Å². The average Bonchev–Trinajstić information content (AvgIpc) is 3.47. The summed E-state index contributed by atoms with van der Waals surface area (Å²) in [5.74, 6) is 0.387. The van der Waals surface area contributed by atoms with Gasteiger partial charge in [0.2, 0.25) is 5.95 Å². The summed E-state index contributed by atoms with van der Waals surface area (Å²) < 4.78 is 6.12. The fourth-order valence-electron chi connectivity index (χ4n) is 3.39. The molecule has 1 amide bonds. The summed E-state index contributed by atoms with van der Waals surface area (Å²) in [7, 11) is 1.30. The van der Waals surface area contributed by atoms with Crippen molar-refractivity contribution in [2.24, 2.45) is 5.41 Å². The highest BCUT2D eigenvalue weighted by molar-refractivity contribution is 6.35. The lowest BCUT2D eigenvalue weighted by atomic mass is 9.82. The summed E-state index contributed by atoms with van der Waals surface area (Å²) in [6, 6.07) is 12.6. The lowest BCUT2D eigenvalue weighted by molar-refractivity contribution is 0.0124. The van der Waals surface area contributed by atoms with Crippen LogP contribution in [0.4, 0.5) is 10.7 Å². The van der Waals surface area contributed by atoms with Gasteiger partial charge in [-0.2, -0.15) is 5.10 Å². The van der Waals surface area contributed by atoms with Crippen molar-refractivity contribution in [2.45, 2.75) is 39.3 Å². The van der Waals surface area contributed by atoms with E-state index in [1.54, 1.807) is 23.1 Å². The number of carbonyl (C=O) groups is 1. The van der Waals surface area contributed by atoms with Crippen molar-refractivity contribution in [3.63, 3.8) is 0 Å². The predicted octanol–water partition coefficient (Wildman–Crippen LogP) is 5.52. The van der Waals surface area contributed by atoms with Crippen LogP contribution >= 0.6 is 23.2 Å². The number of methoxy groups -OCH3 is 1. The van der Waals surface area contributed by atoms with Gasteiger partial charge in [0, 0.05) is 10.0 Å². The fourth-order valence-corrected chi connectivity index (χ4v) is 3.87. The second kappa shape index (κ2) is 11.5. The smallest absolute Gasteiger partial charge is 0.413 e. The van der Waals surface area contributed by atoms with E-state index in [9.17, 15) is 9.90 Å². The minimum Gasteiger partial charge on any atom is -0.453 e. The molecule has 0 bridgehead atoms. The number of amides is 1. The molecule has 2 atom stereocenters. The largest absolute Gasteiger partial charge is 0.453 e. The summed E-state index contributed by atoms with van der Waals surface area (Å²) >= 11 is 12.2. The van der Waals surface area contributed by atoms with E-state index in [1.807, 2.05) is 51.1 Å². The molecular weight excluding hydrogens is 491 g/mol. The molecule has 3 N–H and O–H groups in total. The first-order valence-corrected chi connectivity index (χ1v) is 11.6. The van der Waals surface area contributed by atoms with Gasteiger partial charge in [-0.3, -0.25) is 5.32 Å². The Kier molecular flexibility index (Phi) is 8.71. The maximum Gasteiger partial charge on any atom is 0.413 e. The molecule has 4 rings (SSSR count). The maximum atomic E-state index is 10.9. The number of halogens is 2. The second-order valence-corrected chi connectivity index (χ2v) is 9.76. The predicted molar refractivity (Wildman–Crippen MR) is 137 cm³/mol. The third-order valence-corrected chi connectivity index (χ3v) is 5.85. The molecule has 0 saturated carbocycles. The Morgan fingerprint density at radius 2 is 1.97 bits per heavy atom. The van der Waals surface area contributed by atoms with Crippen molar-refractivity contribution >= 4 is 46.3 Å². The minimum absolute atomic E-state index is 0.244. The van der Waals surface area contributed by atoms with Crippen LogP contribution in [-0.4, -0.2) is 49.1 Å². The SMILES string of the molecule is CC(C)(C)[C@@H](O)[C@@H](Cc1ccc(Cl)cc1Cl)n1cncn1.COC(=O)Nc1nc2ccccc2[nH]1. The van der Waals surface area contributed by atoms with Crippen molar-refractivity contribution in [1.29, 1.82) is 0 Å². The molecule has 9 nitrogen and oxygen atoms in total. The topological polar surface area (TPSA) is 118 Å². The van der Waals surface area contributed by atoms with Crippen molar-refractivity contribution in [1.82, 2.24) is 24.7 Å². The Hall–Kier alpha value is -3.14. The van der Waals surface area contributed by atoms with Crippen molar-refractivity contribution in [2.75, 3.05) is 12.4 Å². The van der Waals surface area contributed by atoms with Gasteiger partial charge in [-0.25, -0.2) is 19.4 Å². The lowest BCUT2D eigenvalue weighted by Crippen LogP contribution is -2.37. The molecule has 0 unspecified atom stereocenters. The van der Waals surface area contributed by atoms with Gasteiger partial charge in [0.15, 0.2) is 0 Å². The number of hydrogen-bond donors (Lipinski definition) is 3. The van der Waals surface area contributed by atoms with Gasteiger partial charge in [0.1, 0.15) is 12.7 Å². The Labute approximate surface area is 213 Å². The number of carbonyl (C=O) groups excluding carboxylic acids is 1. The molecule has 0 saturated heterocycles. The number of imidazole rings is 1. The third kappa shape index (κ3) is 7.17. The number of hydrogen-bond acceptors (Lipinski definition) is 6. The molecule has 2 heterocycles. The first kappa shape index (κ1) is 26.5. The molecule has 11 heteroatoms. The Morgan fingerprint density at radius 3 is 2.57 bits per heavy atom. The molecule has 4 aromatic rings. The molecule has 2 aromatic carbocycles. The van der Waals surface area contributed by atoms with Gasteiger partial charge in [-0.1, -0.05) is 62.2 Å². The van der Waals surface area contributed by atoms with Gasteiger partial charge in [0.05, 0.1) is 30.3 Å². The van der Waals surface area contributed by atoms with Crippen LogP contribution in [0.2, 0.25) is 10.0 Å². The van der Waals surface area contributed by atoms with Crippen molar-refractivity contribution < 1.29 is 14.6 Å². The number of rotatable bonds is 5. The lowest BCUT2D eigenvalue weighted by Gasteiger charge is -2.33. The molecule has 0 fully saturated rings. The zero-order valence-corrected chi connectivity index (χ0v) is 21.4. The number of fused-ring (bicyclic) bond motifs is 1. The standard InChI is InChI=1S/C15H19Cl2N3O.C9H9N3O2/c1-15(2,3)14(21)13(20-9-18-8-19-20)6-10-4-5-11(16)7-12(10)17;1-14-9(13)12-8-10-6-4-2-3-5-7(6)11-8/h4-5,7-9,13-14,21H,6H2,1-3H3;2-5H,1H3,(H2,10,11,12,13)/t13-,14+;/m1./s1. The van der Waals surface area contributed by atoms with Crippen molar-refractivity contribution in [3.8, 4) is 0 Å². The molecule has 0 aliphatic rings. The van der Waals surface area contributed by atoms with Gasteiger partial charge < -0.3 is 14.8 Å². The molecular formula is C24H28Cl2N6O3. The van der Waals surface area contributed by atoms with E-state index in [2.05, 4.69) is 30.1 Å². The number of aromatic amines is 1. The van der Waals surface area contributed by atoms with E-state index >= 15 is 0 Å². The number of ether oxygens (including phenoxy) is 1. The highest BCUT2D eigenvalue weighted by Gasteiger charge is 2.32. The first-order valence-electron chi connectivity index (χ1n) is 10.8. The van der Waals surface area contributed by atoms with Crippen LogP contribution in [0, 0.1) is 5.41 Å². The highest BCUT2D eigenvalue weighted by atomic mass is 35.5. The number of aliphatic hydroxyl groups is 1. The Bertz CT molecular complexity index is 1220. The number of benzene rings is 2. The summed E-state index contributed by atoms with van der Waals surface area (Å²) in [6.07, 6.45) is 2.50. The molecule has 35 heavy (non-hydrogen) atoms. The number of nitrogens with zero attached hydrogens (tertiary/aromatic N) is 4. The van der Waals surface area contributed by atoms with Gasteiger partial charge in [0.25, 0.3) is 0 Å². The van der Waals surface area contributed by atoms with E-state index in [4.69, 9.17) is 23.2 Å². The Morgan fingerprint density at radius 1 is 1.23 bits per heavy atom. The third-order valence-electron chi connectivity index (χ3n) is 5.27. The number of aromatic nitrogens is 5. The zero-order valence-electron chi connectivity index (χ0n) is 19.9. The first-order chi connectivity index (χ1) is 16.6. The summed E-state index contributed by atoms with van der Waals surface area (Å²) in [4.78, 5) is 21.9. The minimum atomic E-state index is -0.592. The summed E-state index contributed by atoms with van der Waals surface area (Å²) in [5, 5.41) is 18.5. The number of anilines is 1. The maximum absolute atomic E-state index is 10.9. The second-order valence-electron chi connectivity index (χ2n) is 8.91. The number of para-hydroxylation sites is 2. The normalized spacial score (nSPS) is 13.0. The van der Waals surface area contributed by atoms with Crippen molar-refractivity contribution in [3.05, 3.63) is 70.7 Å². The van der Waals surface area contributed by atoms with Gasteiger partial charge in [-0.15, -0.1) is 0 Å². The number of H-pyrrole nitrogens is 1. The van der Waals surface area contributed by atoms with E-state index in [1.165, 1.54) is 13.4 Å². The van der Waals surface area contributed by atoms with E-state index in [0.717, 1.165) is 16.6 Å². The quantitative estimate of drug-likeness (QED) is 0.320. The summed E-state index contributed by atoms with van der Waals surface area (Å²) in [5.41, 5.74) is 2.32. The number of nitrogens with one attached hydrogen (secondary N) is 2. The monoisotopic (exact) mass is 518 g/mol. The van der Waals surface area contributed by atoms with Crippen LogP contribution in [0.1, 0.15) is 32.4 Å². The average molecular weight is 519 g/mol. The summed E-state index contributed by atoms with van der Waals surface area (Å²) in [6.45, 7) is 5.97. The van der Waals surface area contributed by atoms with E-state index in [0.29, 0.717) is 22.4 Å². The van der Waals surface area contributed by atoms with Gasteiger partial charge >= 0.3 is 6.09 Å². The van der Waals surface area contributed by atoms with Crippen LogP contribution in [0.25, 0.3) is 11.0 Å². The molecule has 0 radical (unpaired) electrons.